The number of hydrogen-bond acceptors (Lipinski definition) is 5. The molecule has 1 N–H and O–H groups in total. The highest BCUT2D eigenvalue weighted by atomic mass is 16.5. The molecule has 1 amide bonds. The number of hydrogen-bond donors (Lipinski definition) is 1. The van der Waals surface area contributed by atoms with Gasteiger partial charge in [0.2, 0.25) is 11.8 Å². The van der Waals surface area contributed by atoms with Crippen molar-refractivity contribution in [3.8, 4) is 5.88 Å². The van der Waals surface area contributed by atoms with Crippen molar-refractivity contribution in [3.63, 3.8) is 0 Å². The highest BCUT2D eigenvalue weighted by molar-refractivity contribution is 5.79. The normalized spacial score (nSPS) is 20.4. The van der Waals surface area contributed by atoms with Crippen molar-refractivity contribution in [1.29, 1.82) is 0 Å². The van der Waals surface area contributed by atoms with Crippen LogP contribution in [0.4, 0.5) is 0 Å². The minimum absolute atomic E-state index is 0.0257. The first-order chi connectivity index (χ1) is 11.2. The van der Waals surface area contributed by atoms with Crippen LogP contribution in [0.3, 0.4) is 0 Å². The number of nitrogens with zero attached hydrogens (tertiary/aromatic N) is 3. The summed E-state index contributed by atoms with van der Waals surface area (Å²) in [5.41, 5.74) is 1.78. The summed E-state index contributed by atoms with van der Waals surface area (Å²) in [5.74, 6) is 0.295. The number of aryl methyl sites for hydroxylation is 1. The molecule has 2 aromatic heterocycles. The standard InChI is InChI=1S/C16H20N4O3/c1-20-10-12(9-19-20)14-13(5-7-23-14)15(21)18-8-11-4-3-6-17-16(11)22-2/h3-4,6,9-10,13-14H,5,7-8H2,1-2H3,(H,18,21)/t13-,14+/m0/s1. The van der Waals surface area contributed by atoms with Crippen molar-refractivity contribution >= 4 is 5.91 Å². The third-order valence-corrected chi connectivity index (χ3v) is 3.98. The minimum atomic E-state index is -0.237. The van der Waals surface area contributed by atoms with Crippen LogP contribution in [0.15, 0.2) is 30.7 Å². The molecule has 1 aliphatic heterocycles. The van der Waals surface area contributed by atoms with Gasteiger partial charge in [-0.1, -0.05) is 6.07 Å². The fourth-order valence-electron chi connectivity index (χ4n) is 2.83. The number of methoxy groups -OCH3 is 1. The highest BCUT2D eigenvalue weighted by Crippen LogP contribution is 2.34. The van der Waals surface area contributed by atoms with E-state index in [2.05, 4.69) is 15.4 Å². The summed E-state index contributed by atoms with van der Waals surface area (Å²) in [7, 11) is 3.42. The Balaban J connectivity index is 1.65. The molecule has 0 radical (unpaired) electrons. The molecule has 0 bridgehead atoms. The van der Waals surface area contributed by atoms with Crippen molar-refractivity contribution in [2.45, 2.75) is 19.1 Å². The van der Waals surface area contributed by atoms with E-state index in [1.165, 1.54) is 0 Å². The lowest BCUT2D eigenvalue weighted by Gasteiger charge is -2.17. The maximum absolute atomic E-state index is 12.5. The molecule has 0 aliphatic carbocycles. The first kappa shape index (κ1) is 15.5. The van der Waals surface area contributed by atoms with E-state index in [0.717, 1.165) is 11.1 Å². The van der Waals surface area contributed by atoms with E-state index in [1.807, 2.05) is 25.4 Å². The summed E-state index contributed by atoms with van der Waals surface area (Å²) in [6.45, 7) is 0.958. The zero-order valence-corrected chi connectivity index (χ0v) is 13.2. The first-order valence-electron chi connectivity index (χ1n) is 7.55. The fraction of sp³-hybridized carbons (Fsp3) is 0.438. The van der Waals surface area contributed by atoms with Crippen molar-refractivity contribution in [2.24, 2.45) is 13.0 Å². The van der Waals surface area contributed by atoms with Gasteiger partial charge in [-0.3, -0.25) is 9.48 Å². The Kier molecular flexibility index (Phi) is 4.57. The highest BCUT2D eigenvalue weighted by Gasteiger charge is 2.35. The maximum Gasteiger partial charge on any atom is 0.226 e. The molecule has 3 heterocycles. The van der Waals surface area contributed by atoms with Crippen LogP contribution >= 0.6 is 0 Å². The van der Waals surface area contributed by atoms with Gasteiger partial charge in [0.15, 0.2) is 0 Å². The Hall–Kier alpha value is -2.41. The van der Waals surface area contributed by atoms with Gasteiger partial charge in [-0.05, 0) is 12.5 Å². The van der Waals surface area contributed by atoms with Crippen LogP contribution in [0.5, 0.6) is 5.88 Å². The SMILES string of the molecule is COc1ncccc1CNC(=O)[C@H]1CCO[C@@H]1c1cnn(C)c1. The average molecular weight is 316 g/mol. The lowest BCUT2D eigenvalue weighted by Crippen LogP contribution is -2.32. The molecule has 0 saturated carbocycles. The topological polar surface area (TPSA) is 78.3 Å². The van der Waals surface area contributed by atoms with Gasteiger partial charge in [-0.2, -0.15) is 5.10 Å². The number of aromatic nitrogens is 3. The molecule has 122 valence electrons. The third-order valence-electron chi connectivity index (χ3n) is 3.98. The number of ether oxygens (including phenoxy) is 2. The minimum Gasteiger partial charge on any atom is -0.481 e. The summed E-state index contributed by atoms with van der Waals surface area (Å²) in [6.07, 6.45) is 5.77. The summed E-state index contributed by atoms with van der Waals surface area (Å²) >= 11 is 0. The van der Waals surface area contributed by atoms with E-state index >= 15 is 0 Å². The van der Waals surface area contributed by atoms with Crippen molar-refractivity contribution in [2.75, 3.05) is 13.7 Å². The third kappa shape index (κ3) is 3.34. The summed E-state index contributed by atoms with van der Waals surface area (Å²) in [6, 6.07) is 3.71. The molecule has 2 atom stereocenters. The van der Waals surface area contributed by atoms with Gasteiger partial charge in [-0.25, -0.2) is 4.98 Å². The number of nitrogens with one attached hydrogen (secondary N) is 1. The van der Waals surface area contributed by atoms with Gasteiger partial charge in [-0.15, -0.1) is 0 Å². The molecule has 0 aromatic carbocycles. The van der Waals surface area contributed by atoms with Crippen molar-refractivity contribution in [1.82, 2.24) is 20.1 Å². The van der Waals surface area contributed by atoms with Gasteiger partial charge < -0.3 is 14.8 Å². The molecule has 3 rings (SSSR count). The van der Waals surface area contributed by atoms with Gasteiger partial charge in [0.05, 0.1) is 25.3 Å². The summed E-state index contributed by atoms with van der Waals surface area (Å²) in [4.78, 5) is 16.7. The molecular formula is C16H20N4O3. The molecule has 1 saturated heterocycles. The lowest BCUT2D eigenvalue weighted by atomic mass is 9.96. The second kappa shape index (κ2) is 6.78. The zero-order chi connectivity index (χ0) is 16.2. The Labute approximate surface area is 134 Å². The molecule has 7 nitrogen and oxygen atoms in total. The van der Waals surface area contributed by atoms with Crippen molar-refractivity contribution in [3.05, 3.63) is 41.9 Å². The number of pyridine rings is 1. The predicted molar refractivity (Wildman–Crippen MR) is 82.6 cm³/mol. The Morgan fingerprint density at radius 1 is 1.57 bits per heavy atom. The maximum atomic E-state index is 12.5. The Morgan fingerprint density at radius 3 is 3.17 bits per heavy atom. The van der Waals surface area contributed by atoms with Crippen LogP contribution < -0.4 is 10.1 Å². The molecule has 1 aliphatic rings. The smallest absolute Gasteiger partial charge is 0.226 e. The van der Waals surface area contributed by atoms with Crippen molar-refractivity contribution < 1.29 is 14.3 Å². The molecule has 7 heteroatoms. The average Bonchev–Trinajstić information content (AvgIpc) is 3.21. The van der Waals surface area contributed by atoms with E-state index in [9.17, 15) is 4.79 Å². The number of carbonyl (C=O) groups excluding carboxylic acids is 1. The summed E-state index contributed by atoms with van der Waals surface area (Å²) in [5, 5.41) is 7.11. The van der Waals surface area contributed by atoms with Crippen LogP contribution in [0, 0.1) is 5.92 Å². The molecule has 0 unspecified atom stereocenters. The van der Waals surface area contributed by atoms with Gasteiger partial charge in [0, 0.05) is 43.7 Å². The second-order valence-electron chi connectivity index (χ2n) is 5.52. The van der Waals surface area contributed by atoms with E-state index in [1.54, 1.807) is 24.2 Å². The Bertz CT molecular complexity index is 685. The van der Waals surface area contributed by atoms with E-state index in [-0.39, 0.29) is 17.9 Å². The van der Waals surface area contributed by atoms with E-state index in [4.69, 9.17) is 9.47 Å². The molecule has 2 aromatic rings. The zero-order valence-electron chi connectivity index (χ0n) is 13.2. The number of carbonyl (C=O) groups is 1. The molecule has 1 fully saturated rings. The largest absolute Gasteiger partial charge is 0.481 e. The van der Waals surface area contributed by atoms with Crippen LogP contribution in [0.1, 0.15) is 23.7 Å². The quantitative estimate of drug-likeness (QED) is 0.897. The number of rotatable bonds is 5. The second-order valence-corrected chi connectivity index (χ2v) is 5.52. The van der Waals surface area contributed by atoms with Gasteiger partial charge >= 0.3 is 0 Å². The van der Waals surface area contributed by atoms with Crippen LogP contribution in [0.2, 0.25) is 0 Å². The summed E-state index contributed by atoms with van der Waals surface area (Å²) < 4.78 is 12.6. The van der Waals surface area contributed by atoms with E-state index in [0.29, 0.717) is 25.5 Å². The van der Waals surface area contributed by atoms with Crippen LogP contribution in [-0.2, 0) is 23.1 Å². The lowest BCUT2D eigenvalue weighted by molar-refractivity contribution is -0.126. The van der Waals surface area contributed by atoms with Crippen LogP contribution in [0.25, 0.3) is 0 Å². The Morgan fingerprint density at radius 2 is 2.43 bits per heavy atom. The van der Waals surface area contributed by atoms with Gasteiger partial charge in [0.25, 0.3) is 0 Å². The fourth-order valence-corrected chi connectivity index (χ4v) is 2.83. The van der Waals surface area contributed by atoms with Gasteiger partial charge in [0.1, 0.15) is 0 Å². The molecule has 23 heavy (non-hydrogen) atoms. The number of amides is 1. The molecular weight excluding hydrogens is 296 g/mol. The molecule has 0 spiro atoms. The van der Waals surface area contributed by atoms with Crippen LogP contribution in [-0.4, -0.2) is 34.4 Å². The predicted octanol–water partition coefficient (Wildman–Crippen LogP) is 1.22. The first-order valence-corrected chi connectivity index (χ1v) is 7.55. The monoisotopic (exact) mass is 316 g/mol. The van der Waals surface area contributed by atoms with E-state index < -0.39 is 0 Å².